The molecule has 0 heterocycles. The van der Waals surface area contributed by atoms with Gasteiger partial charge in [-0.1, -0.05) is 0 Å². The minimum atomic E-state index is -0.989. The summed E-state index contributed by atoms with van der Waals surface area (Å²) in [7, 11) is 5.42. The Morgan fingerprint density at radius 3 is 2.06 bits per heavy atom. The van der Waals surface area contributed by atoms with E-state index in [9.17, 15) is 9.59 Å². The topological polar surface area (TPSA) is 64.1 Å². The van der Waals surface area contributed by atoms with Gasteiger partial charge in [0.1, 0.15) is 6.54 Å². The number of likely N-dealkylation sites (N-methyl/N-ethyl adjacent to an activating group) is 1. The Labute approximate surface area is 96.4 Å². The minimum absolute atomic E-state index is 0.244. The number of carbonyl (C=O) groups is 2. The molecule has 6 heteroatoms. The van der Waals surface area contributed by atoms with Crippen LogP contribution in [0.15, 0.2) is 0 Å². The number of carbonyl (C=O) groups excluding carboxylic acids is 1. The van der Waals surface area contributed by atoms with E-state index in [1.165, 1.54) is 9.80 Å². The molecule has 0 bridgehead atoms. The first-order valence-electron chi connectivity index (χ1n) is 5.25. The molecule has 0 aliphatic rings. The van der Waals surface area contributed by atoms with Gasteiger partial charge in [-0.15, -0.1) is 0 Å². The Kier molecular flexibility index (Phi) is 6.48. The number of hydrogen-bond donors (Lipinski definition) is 1. The molecule has 0 aromatic rings. The number of carboxylic acid groups (broad SMARTS) is 1. The molecule has 0 radical (unpaired) electrons. The van der Waals surface area contributed by atoms with Gasteiger partial charge in [-0.25, -0.2) is 4.79 Å². The zero-order chi connectivity index (χ0) is 12.7. The largest absolute Gasteiger partial charge is 0.480 e. The molecular formula is C10H21N3O3. The van der Waals surface area contributed by atoms with Crippen molar-refractivity contribution in [3.8, 4) is 0 Å². The van der Waals surface area contributed by atoms with Crippen molar-refractivity contribution < 1.29 is 14.7 Å². The summed E-state index contributed by atoms with van der Waals surface area (Å²) < 4.78 is 0. The predicted octanol–water partition coefficient (Wildman–Crippen LogP) is 0.00630. The molecule has 0 aromatic heterocycles. The van der Waals surface area contributed by atoms with E-state index in [4.69, 9.17) is 5.11 Å². The van der Waals surface area contributed by atoms with Crippen LogP contribution in [0.5, 0.6) is 0 Å². The van der Waals surface area contributed by atoms with Crippen molar-refractivity contribution >= 4 is 12.0 Å². The second kappa shape index (κ2) is 7.05. The molecule has 16 heavy (non-hydrogen) atoms. The first-order valence-corrected chi connectivity index (χ1v) is 5.25. The van der Waals surface area contributed by atoms with Crippen LogP contribution in [0.3, 0.4) is 0 Å². The van der Waals surface area contributed by atoms with E-state index in [0.29, 0.717) is 19.6 Å². The lowest BCUT2D eigenvalue weighted by Gasteiger charge is -2.27. The highest BCUT2D eigenvalue weighted by Gasteiger charge is 2.19. The van der Waals surface area contributed by atoms with Crippen molar-refractivity contribution in [3.05, 3.63) is 0 Å². The van der Waals surface area contributed by atoms with Crippen molar-refractivity contribution in [1.82, 2.24) is 14.7 Å². The molecule has 2 amide bonds. The molecule has 0 aliphatic heterocycles. The number of amides is 2. The number of rotatable bonds is 6. The van der Waals surface area contributed by atoms with Gasteiger partial charge in [-0.3, -0.25) is 4.79 Å². The van der Waals surface area contributed by atoms with Gasteiger partial charge in [0.15, 0.2) is 0 Å². The van der Waals surface area contributed by atoms with Crippen molar-refractivity contribution in [2.75, 3.05) is 47.3 Å². The van der Waals surface area contributed by atoms with E-state index in [-0.39, 0.29) is 12.6 Å². The van der Waals surface area contributed by atoms with Crippen LogP contribution in [0.2, 0.25) is 0 Å². The number of nitrogens with zero attached hydrogens (tertiary/aromatic N) is 3. The molecule has 0 saturated heterocycles. The average molecular weight is 231 g/mol. The van der Waals surface area contributed by atoms with Gasteiger partial charge in [0, 0.05) is 26.7 Å². The Balaban J connectivity index is 4.40. The molecule has 94 valence electrons. The second-order valence-corrected chi connectivity index (χ2v) is 3.92. The maximum atomic E-state index is 11.8. The van der Waals surface area contributed by atoms with Crippen LogP contribution in [-0.2, 0) is 4.79 Å². The maximum Gasteiger partial charge on any atom is 0.323 e. The van der Waals surface area contributed by atoms with Crippen LogP contribution < -0.4 is 0 Å². The summed E-state index contributed by atoms with van der Waals surface area (Å²) in [5.74, 6) is -0.989. The Hall–Kier alpha value is -1.30. The molecule has 0 aromatic carbocycles. The number of aliphatic carboxylic acids is 1. The number of carboxylic acids is 1. The normalized spacial score (nSPS) is 10.3. The Bertz CT molecular complexity index is 243. The Morgan fingerprint density at radius 1 is 1.12 bits per heavy atom. The van der Waals surface area contributed by atoms with Crippen molar-refractivity contribution in [1.29, 1.82) is 0 Å². The van der Waals surface area contributed by atoms with Crippen LogP contribution in [0.1, 0.15) is 6.92 Å². The summed E-state index contributed by atoms with van der Waals surface area (Å²) in [6.07, 6.45) is 0. The molecule has 0 spiro atoms. The van der Waals surface area contributed by atoms with Gasteiger partial charge in [-0.05, 0) is 21.0 Å². The van der Waals surface area contributed by atoms with Gasteiger partial charge in [0.05, 0.1) is 0 Å². The molecule has 0 rings (SSSR count). The van der Waals surface area contributed by atoms with Crippen molar-refractivity contribution in [2.45, 2.75) is 6.92 Å². The zero-order valence-corrected chi connectivity index (χ0v) is 10.4. The quantitative estimate of drug-likeness (QED) is 0.699. The SMILES string of the molecule is CCN(C)C(=O)N(CCN(C)C)CC(=O)O. The Morgan fingerprint density at radius 2 is 1.69 bits per heavy atom. The lowest BCUT2D eigenvalue weighted by Crippen LogP contribution is -2.46. The zero-order valence-electron chi connectivity index (χ0n) is 10.4. The summed E-state index contributed by atoms with van der Waals surface area (Å²) in [6.45, 7) is 3.23. The third-order valence-electron chi connectivity index (χ3n) is 2.21. The predicted molar refractivity (Wildman–Crippen MR) is 61.5 cm³/mol. The van der Waals surface area contributed by atoms with Gasteiger partial charge in [0.25, 0.3) is 0 Å². The minimum Gasteiger partial charge on any atom is -0.480 e. The van der Waals surface area contributed by atoms with Crippen molar-refractivity contribution in [3.63, 3.8) is 0 Å². The van der Waals surface area contributed by atoms with E-state index in [1.54, 1.807) is 7.05 Å². The van der Waals surface area contributed by atoms with Crippen molar-refractivity contribution in [2.24, 2.45) is 0 Å². The third kappa shape index (κ3) is 5.55. The van der Waals surface area contributed by atoms with Gasteiger partial charge >= 0.3 is 12.0 Å². The lowest BCUT2D eigenvalue weighted by molar-refractivity contribution is -0.137. The summed E-state index contributed by atoms with van der Waals surface area (Å²) >= 11 is 0. The first kappa shape index (κ1) is 14.7. The van der Waals surface area contributed by atoms with Crippen LogP contribution in [0.25, 0.3) is 0 Å². The van der Waals surface area contributed by atoms with Crippen LogP contribution in [0, 0.1) is 0 Å². The molecule has 0 fully saturated rings. The highest BCUT2D eigenvalue weighted by Crippen LogP contribution is 1.97. The van der Waals surface area contributed by atoms with E-state index in [0.717, 1.165) is 0 Å². The fourth-order valence-corrected chi connectivity index (χ4v) is 1.10. The molecule has 6 nitrogen and oxygen atoms in total. The molecule has 0 atom stereocenters. The van der Waals surface area contributed by atoms with Gasteiger partial charge in [0.2, 0.25) is 0 Å². The van der Waals surface area contributed by atoms with E-state index in [2.05, 4.69) is 0 Å². The van der Waals surface area contributed by atoms with Crippen LogP contribution in [-0.4, -0.2) is 79.1 Å². The monoisotopic (exact) mass is 231 g/mol. The van der Waals surface area contributed by atoms with Crippen LogP contribution in [0.4, 0.5) is 4.79 Å². The smallest absolute Gasteiger partial charge is 0.323 e. The molecule has 1 N–H and O–H groups in total. The summed E-state index contributed by atoms with van der Waals surface area (Å²) in [6, 6.07) is -0.244. The molecule has 0 saturated carbocycles. The molecule has 0 unspecified atom stereocenters. The highest BCUT2D eigenvalue weighted by molar-refractivity contribution is 5.80. The highest BCUT2D eigenvalue weighted by atomic mass is 16.4. The summed E-state index contributed by atoms with van der Waals surface area (Å²) in [5, 5.41) is 8.73. The standard InChI is InChI=1S/C10H21N3O3/c1-5-12(4)10(16)13(8-9(14)15)7-6-11(2)3/h5-8H2,1-4H3,(H,14,15). The maximum absolute atomic E-state index is 11.8. The molecular weight excluding hydrogens is 210 g/mol. The average Bonchev–Trinajstić information content (AvgIpc) is 2.21. The van der Waals surface area contributed by atoms with E-state index < -0.39 is 5.97 Å². The second-order valence-electron chi connectivity index (χ2n) is 3.92. The van der Waals surface area contributed by atoms with E-state index in [1.807, 2.05) is 25.9 Å². The van der Waals surface area contributed by atoms with Gasteiger partial charge in [-0.2, -0.15) is 0 Å². The molecule has 0 aliphatic carbocycles. The van der Waals surface area contributed by atoms with E-state index >= 15 is 0 Å². The number of hydrogen-bond acceptors (Lipinski definition) is 3. The van der Waals surface area contributed by atoms with Crippen LogP contribution >= 0.6 is 0 Å². The first-order chi connectivity index (χ1) is 7.38. The van der Waals surface area contributed by atoms with Gasteiger partial charge < -0.3 is 19.8 Å². The lowest BCUT2D eigenvalue weighted by atomic mass is 10.4. The third-order valence-corrected chi connectivity index (χ3v) is 2.21. The fraction of sp³-hybridized carbons (Fsp3) is 0.800. The number of urea groups is 1. The fourth-order valence-electron chi connectivity index (χ4n) is 1.10. The summed E-state index contributed by atoms with van der Waals surface area (Å²) in [4.78, 5) is 27.2. The summed E-state index contributed by atoms with van der Waals surface area (Å²) in [5.41, 5.74) is 0.